The van der Waals surface area contributed by atoms with Gasteiger partial charge in [-0.25, -0.2) is 4.21 Å². The minimum atomic E-state index is -2.35. The molecule has 0 aromatic carbocycles. The lowest BCUT2D eigenvalue weighted by Gasteiger charge is -2.17. The van der Waals surface area contributed by atoms with Crippen LogP contribution in [0.1, 0.15) is 26.7 Å². The van der Waals surface area contributed by atoms with Gasteiger partial charge in [-0.1, -0.05) is 13.8 Å². The smallest absolute Gasteiger partial charge is 0.0661 e. The van der Waals surface area contributed by atoms with E-state index in [0.29, 0.717) is 6.04 Å². The molecule has 4 heteroatoms. The molecule has 0 spiro atoms. The van der Waals surface area contributed by atoms with E-state index in [1.807, 2.05) is 0 Å². The predicted octanol–water partition coefficient (Wildman–Crippen LogP) is 1.19. The Kier molecular flexibility index (Phi) is 2.50. The van der Waals surface area contributed by atoms with Crippen molar-refractivity contribution in [2.45, 2.75) is 37.5 Å². The fraction of sp³-hybridized carbons (Fsp3) is 1.00. The van der Waals surface area contributed by atoms with E-state index >= 15 is 0 Å². The van der Waals surface area contributed by atoms with Crippen molar-refractivity contribution in [2.75, 3.05) is 12.8 Å². The molecule has 1 aliphatic rings. The summed E-state index contributed by atoms with van der Waals surface area (Å²) in [7, 11) is -2.35. The SMILES string of the molecule is CC(C)NCC1([S@@](C)(=N)=O)CC1. The molecule has 1 atom stereocenters. The van der Waals surface area contributed by atoms with Crippen molar-refractivity contribution in [3.63, 3.8) is 0 Å². The van der Waals surface area contributed by atoms with Gasteiger partial charge < -0.3 is 5.32 Å². The summed E-state index contributed by atoms with van der Waals surface area (Å²) in [6.45, 7) is 4.87. The Labute approximate surface area is 74.9 Å². The number of hydrogen-bond acceptors (Lipinski definition) is 3. The molecule has 1 saturated carbocycles. The van der Waals surface area contributed by atoms with Gasteiger partial charge in [0.1, 0.15) is 0 Å². The van der Waals surface area contributed by atoms with Crippen LogP contribution in [0.3, 0.4) is 0 Å². The largest absolute Gasteiger partial charge is 0.313 e. The molecule has 2 N–H and O–H groups in total. The molecule has 12 heavy (non-hydrogen) atoms. The number of hydrogen-bond donors (Lipinski definition) is 2. The molecule has 0 amide bonds. The molecule has 0 saturated heterocycles. The average Bonchev–Trinajstić information content (AvgIpc) is 2.60. The Balaban J connectivity index is 2.52. The molecular formula is C8H18N2OS. The molecule has 1 rings (SSSR count). The highest BCUT2D eigenvalue weighted by Gasteiger charge is 2.49. The van der Waals surface area contributed by atoms with E-state index in [0.717, 1.165) is 19.4 Å². The quantitative estimate of drug-likeness (QED) is 0.699. The summed E-state index contributed by atoms with van der Waals surface area (Å²) in [6.07, 6.45) is 3.46. The zero-order valence-electron chi connectivity index (χ0n) is 8.02. The Hall–Kier alpha value is -0.0900. The molecule has 0 aromatic rings. The van der Waals surface area contributed by atoms with E-state index in [9.17, 15) is 4.21 Å². The average molecular weight is 190 g/mol. The monoisotopic (exact) mass is 190 g/mol. The normalized spacial score (nSPS) is 25.3. The van der Waals surface area contributed by atoms with Crippen LogP contribution in [0.15, 0.2) is 0 Å². The van der Waals surface area contributed by atoms with E-state index in [-0.39, 0.29) is 4.75 Å². The van der Waals surface area contributed by atoms with Gasteiger partial charge in [0.2, 0.25) is 0 Å². The van der Waals surface area contributed by atoms with E-state index in [2.05, 4.69) is 19.2 Å². The minimum Gasteiger partial charge on any atom is -0.313 e. The predicted molar refractivity (Wildman–Crippen MR) is 51.9 cm³/mol. The second-order valence-corrected chi connectivity index (χ2v) is 6.62. The first-order chi connectivity index (χ1) is 5.37. The topological polar surface area (TPSA) is 53.0 Å². The Morgan fingerprint density at radius 3 is 2.33 bits per heavy atom. The van der Waals surface area contributed by atoms with Crippen LogP contribution in [0.25, 0.3) is 0 Å². The van der Waals surface area contributed by atoms with Crippen LogP contribution in [-0.2, 0) is 9.73 Å². The van der Waals surface area contributed by atoms with Crippen LogP contribution in [0.4, 0.5) is 0 Å². The first kappa shape index (κ1) is 9.99. The molecule has 0 bridgehead atoms. The first-order valence-corrected chi connectivity index (χ1v) is 6.31. The number of rotatable bonds is 4. The van der Waals surface area contributed by atoms with Crippen LogP contribution >= 0.6 is 0 Å². The maximum Gasteiger partial charge on any atom is 0.0661 e. The lowest BCUT2D eigenvalue weighted by atomic mass is 10.3. The summed E-state index contributed by atoms with van der Waals surface area (Å²) in [5, 5.41) is 3.26. The third-order valence-electron chi connectivity index (χ3n) is 2.47. The van der Waals surface area contributed by atoms with Crippen molar-refractivity contribution in [1.82, 2.24) is 5.32 Å². The lowest BCUT2D eigenvalue weighted by Crippen LogP contribution is -2.37. The van der Waals surface area contributed by atoms with Crippen molar-refractivity contribution < 1.29 is 4.21 Å². The highest BCUT2D eigenvalue weighted by atomic mass is 32.2. The van der Waals surface area contributed by atoms with Crippen LogP contribution < -0.4 is 5.32 Å². The Morgan fingerprint density at radius 2 is 2.08 bits per heavy atom. The summed E-state index contributed by atoms with van der Waals surface area (Å²) in [4.78, 5) is 0. The van der Waals surface area contributed by atoms with Crippen LogP contribution in [-0.4, -0.2) is 27.8 Å². The van der Waals surface area contributed by atoms with Crippen molar-refractivity contribution in [1.29, 1.82) is 4.78 Å². The summed E-state index contributed by atoms with van der Waals surface area (Å²) >= 11 is 0. The molecule has 0 heterocycles. The van der Waals surface area contributed by atoms with Gasteiger partial charge in [-0.15, -0.1) is 0 Å². The van der Waals surface area contributed by atoms with Gasteiger partial charge in [-0.3, -0.25) is 4.78 Å². The third kappa shape index (κ3) is 1.98. The molecule has 0 radical (unpaired) electrons. The van der Waals surface area contributed by atoms with Crippen molar-refractivity contribution in [2.24, 2.45) is 0 Å². The fourth-order valence-electron chi connectivity index (χ4n) is 1.23. The van der Waals surface area contributed by atoms with Gasteiger partial charge in [-0.05, 0) is 12.8 Å². The van der Waals surface area contributed by atoms with Crippen LogP contribution in [0.5, 0.6) is 0 Å². The van der Waals surface area contributed by atoms with Crippen molar-refractivity contribution in [3.8, 4) is 0 Å². The third-order valence-corrected chi connectivity index (χ3v) is 4.67. The van der Waals surface area contributed by atoms with Gasteiger partial charge in [0.15, 0.2) is 0 Å². The second-order valence-electron chi connectivity index (χ2n) is 4.06. The second kappa shape index (κ2) is 3.00. The highest BCUT2D eigenvalue weighted by molar-refractivity contribution is 7.93. The minimum absolute atomic E-state index is 0.197. The van der Waals surface area contributed by atoms with Gasteiger partial charge in [-0.2, -0.15) is 0 Å². The highest BCUT2D eigenvalue weighted by Crippen LogP contribution is 2.42. The molecule has 0 unspecified atom stereocenters. The summed E-state index contributed by atoms with van der Waals surface area (Å²) < 4.78 is 18.8. The summed E-state index contributed by atoms with van der Waals surface area (Å²) in [6, 6.07) is 0.421. The molecule has 0 aliphatic heterocycles. The summed E-state index contributed by atoms with van der Waals surface area (Å²) in [5.41, 5.74) is 0. The van der Waals surface area contributed by atoms with Crippen LogP contribution in [0.2, 0.25) is 0 Å². The Bertz CT molecular complexity index is 252. The van der Waals surface area contributed by atoms with Gasteiger partial charge in [0.25, 0.3) is 0 Å². The lowest BCUT2D eigenvalue weighted by molar-refractivity contribution is 0.563. The molecule has 72 valence electrons. The fourth-order valence-corrected chi connectivity index (χ4v) is 2.47. The Morgan fingerprint density at radius 1 is 1.58 bits per heavy atom. The standard InChI is InChI=1S/C8H18N2OS/c1-7(2)10-6-8(4-5-8)12(3,9)11/h7,9-10H,4-6H2,1-3H3/t12-/m0/s1. The summed E-state index contributed by atoms with van der Waals surface area (Å²) in [5.74, 6) is 0. The molecule has 1 aliphatic carbocycles. The van der Waals surface area contributed by atoms with E-state index < -0.39 is 9.73 Å². The van der Waals surface area contributed by atoms with Gasteiger partial charge >= 0.3 is 0 Å². The molecular weight excluding hydrogens is 172 g/mol. The molecule has 1 fully saturated rings. The zero-order valence-corrected chi connectivity index (χ0v) is 8.83. The van der Waals surface area contributed by atoms with Crippen molar-refractivity contribution in [3.05, 3.63) is 0 Å². The van der Waals surface area contributed by atoms with Crippen molar-refractivity contribution >= 4 is 9.73 Å². The zero-order chi connectivity index (χ0) is 9.41. The first-order valence-electron chi connectivity index (χ1n) is 4.34. The van der Waals surface area contributed by atoms with Gasteiger partial charge in [0.05, 0.1) is 4.75 Å². The number of nitrogens with one attached hydrogen (secondary N) is 2. The molecule has 0 aromatic heterocycles. The van der Waals surface area contributed by atoms with Gasteiger partial charge in [0, 0.05) is 28.6 Å². The maximum atomic E-state index is 11.5. The van der Waals surface area contributed by atoms with Crippen LogP contribution in [0, 0.1) is 4.78 Å². The van der Waals surface area contributed by atoms with E-state index in [1.54, 1.807) is 6.26 Å². The molecule has 3 nitrogen and oxygen atoms in total. The van der Waals surface area contributed by atoms with E-state index in [1.165, 1.54) is 0 Å². The maximum absolute atomic E-state index is 11.5. The van der Waals surface area contributed by atoms with E-state index in [4.69, 9.17) is 4.78 Å².